The second kappa shape index (κ2) is 7.52. The van der Waals surface area contributed by atoms with E-state index in [1.807, 2.05) is 6.92 Å². The van der Waals surface area contributed by atoms with Crippen molar-refractivity contribution >= 4 is 29.0 Å². The lowest BCUT2D eigenvalue weighted by atomic mass is 9.79. The molecule has 1 aromatic carbocycles. The Labute approximate surface area is 168 Å². The number of ketones is 1. The van der Waals surface area contributed by atoms with E-state index in [1.54, 1.807) is 0 Å². The number of Topliss-reactive ketones (excluding diaryl/α,β-unsaturated/α-hetero) is 1. The average Bonchev–Trinajstić information content (AvgIpc) is 2.78. The van der Waals surface area contributed by atoms with Gasteiger partial charge in [0.1, 0.15) is 0 Å². The van der Waals surface area contributed by atoms with Gasteiger partial charge in [0.05, 0.1) is 10.1 Å². The van der Waals surface area contributed by atoms with Crippen LogP contribution in [-0.2, 0) is 22.0 Å². The highest BCUT2D eigenvalue weighted by molar-refractivity contribution is 6.46. The SMILES string of the molecule is CC1=C(Cl)C(Cl)=C(C(=O)CCc2cc(C(C)(C)C)cc(C(C)(C)C)c2)C1. The summed E-state index contributed by atoms with van der Waals surface area (Å²) in [4.78, 5) is 12.7. The smallest absolute Gasteiger partial charge is 0.161 e. The number of rotatable bonds is 4. The molecule has 0 aliphatic heterocycles. The molecule has 0 bridgehead atoms. The van der Waals surface area contributed by atoms with Crippen molar-refractivity contribution < 1.29 is 4.79 Å². The number of allylic oxidation sites excluding steroid dienone is 4. The highest BCUT2D eigenvalue weighted by atomic mass is 35.5. The highest BCUT2D eigenvalue weighted by Crippen LogP contribution is 2.38. The topological polar surface area (TPSA) is 17.1 Å². The van der Waals surface area contributed by atoms with Crippen LogP contribution in [0.2, 0.25) is 0 Å². The van der Waals surface area contributed by atoms with Crippen molar-refractivity contribution in [3.63, 3.8) is 0 Å². The molecule has 0 radical (unpaired) electrons. The first-order chi connectivity index (χ1) is 11.8. The molecule has 1 aliphatic carbocycles. The summed E-state index contributed by atoms with van der Waals surface area (Å²) in [6.07, 6.45) is 1.75. The van der Waals surface area contributed by atoms with Gasteiger partial charge in [-0.05, 0) is 52.9 Å². The van der Waals surface area contributed by atoms with Crippen LogP contribution in [0.5, 0.6) is 0 Å². The first kappa shape index (κ1) is 21.3. The molecular formula is C23H30Cl2O. The molecule has 0 aromatic heterocycles. The summed E-state index contributed by atoms with van der Waals surface area (Å²) in [6.45, 7) is 15.3. The van der Waals surface area contributed by atoms with Crippen molar-refractivity contribution in [2.45, 2.75) is 78.6 Å². The van der Waals surface area contributed by atoms with E-state index in [0.29, 0.717) is 28.5 Å². The zero-order valence-electron chi connectivity index (χ0n) is 17.0. The Kier molecular flexibility index (Phi) is 6.15. The van der Waals surface area contributed by atoms with Crippen LogP contribution in [0.1, 0.15) is 78.0 Å². The first-order valence-corrected chi connectivity index (χ1v) is 9.98. The monoisotopic (exact) mass is 392 g/mol. The van der Waals surface area contributed by atoms with E-state index in [-0.39, 0.29) is 16.6 Å². The minimum Gasteiger partial charge on any atom is -0.294 e. The predicted octanol–water partition coefficient (Wildman–Crippen LogP) is 7.19. The Morgan fingerprint density at radius 1 is 0.923 bits per heavy atom. The molecule has 2 rings (SSSR count). The van der Waals surface area contributed by atoms with Gasteiger partial charge in [0.15, 0.2) is 5.78 Å². The van der Waals surface area contributed by atoms with E-state index in [1.165, 1.54) is 16.7 Å². The van der Waals surface area contributed by atoms with Crippen LogP contribution in [-0.4, -0.2) is 5.78 Å². The molecule has 0 unspecified atom stereocenters. The Morgan fingerprint density at radius 3 is 1.81 bits per heavy atom. The second-order valence-corrected chi connectivity index (χ2v) is 10.2. The van der Waals surface area contributed by atoms with Crippen molar-refractivity contribution in [1.29, 1.82) is 0 Å². The number of aryl methyl sites for hydroxylation is 1. The van der Waals surface area contributed by atoms with Gasteiger partial charge in [-0.15, -0.1) is 0 Å². The lowest BCUT2D eigenvalue weighted by molar-refractivity contribution is -0.115. The van der Waals surface area contributed by atoms with Crippen LogP contribution in [0.25, 0.3) is 0 Å². The molecule has 0 saturated carbocycles. The lowest BCUT2D eigenvalue weighted by Gasteiger charge is -2.26. The number of hydrogen-bond acceptors (Lipinski definition) is 1. The fourth-order valence-electron chi connectivity index (χ4n) is 3.07. The number of halogens is 2. The molecule has 3 heteroatoms. The minimum absolute atomic E-state index is 0.0753. The summed E-state index contributed by atoms with van der Waals surface area (Å²) in [5, 5.41) is 0.979. The Bertz CT molecular complexity index is 751. The molecule has 0 N–H and O–H groups in total. The van der Waals surface area contributed by atoms with Gasteiger partial charge in [-0.2, -0.15) is 0 Å². The molecule has 1 aliphatic rings. The van der Waals surface area contributed by atoms with Gasteiger partial charge in [0.2, 0.25) is 0 Å². The summed E-state index contributed by atoms with van der Waals surface area (Å²) >= 11 is 12.4. The third-order valence-electron chi connectivity index (χ3n) is 4.98. The van der Waals surface area contributed by atoms with Crippen molar-refractivity contribution in [2.24, 2.45) is 0 Å². The molecule has 0 saturated heterocycles. The molecular weight excluding hydrogens is 363 g/mol. The van der Waals surface area contributed by atoms with Crippen molar-refractivity contribution in [3.8, 4) is 0 Å². The lowest BCUT2D eigenvalue weighted by Crippen LogP contribution is -2.17. The van der Waals surface area contributed by atoms with Crippen LogP contribution in [0.15, 0.2) is 39.4 Å². The van der Waals surface area contributed by atoms with Gasteiger partial charge in [-0.25, -0.2) is 0 Å². The van der Waals surface area contributed by atoms with E-state index in [0.717, 1.165) is 12.0 Å². The number of carbonyl (C=O) groups excluding carboxylic acids is 1. The number of benzene rings is 1. The van der Waals surface area contributed by atoms with Crippen LogP contribution >= 0.6 is 23.2 Å². The van der Waals surface area contributed by atoms with Gasteiger partial charge in [0.25, 0.3) is 0 Å². The molecule has 1 aromatic rings. The maximum absolute atomic E-state index is 12.7. The molecule has 26 heavy (non-hydrogen) atoms. The number of hydrogen-bond donors (Lipinski definition) is 0. The van der Waals surface area contributed by atoms with Crippen LogP contribution in [0.3, 0.4) is 0 Å². The quantitative estimate of drug-likeness (QED) is 0.529. The van der Waals surface area contributed by atoms with Crippen LogP contribution < -0.4 is 0 Å². The highest BCUT2D eigenvalue weighted by Gasteiger charge is 2.25. The Hall–Kier alpha value is -1.05. The van der Waals surface area contributed by atoms with Crippen LogP contribution in [0.4, 0.5) is 0 Å². The zero-order valence-corrected chi connectivity index (χ0v) is 18.5. The van der Waals surface area contributed by atoms with Gasteiger partial charge in [-0.3, -0.25) is 4.79 Å². The maximum atomic E-state index is 12.7. The summed E-state index contributed by atoms with van der Waals surface area (Å²) in [6, 6.07) is 6.78. The molecule has 0 fully saturated rings. The summed E-state index contributed by atoms with van der Waals surface area (Å²) in [5.74, 6) is 0.100. The molecule has 1 nitrogen and oxygen atoms in total. The van der Waals surface area contributed by atoms with E-state index in [4.69, 9.17) is 23.2 Å². The molecule has 0 amide bonds. The van der Waals surface area contributed by atoms with E-state index in [2.05, 4.69) is 59.7 Å². The average molecular weight is 393 g/mol. The summed E-state index contributed by atoms with van der Waals surface area (Å²) in [7, 11) is 0. The van der Waals surface area contributed by atoms with Gasteiger partial charge < -0.3 is 0 Å². The van der Waals surface area contributed by atoms with E-state index in [9.17, 15) is 4.79 Å². The van der Waals surface area contributed by atoms with Gasteiger partial charge >= 0.3 is 0 Å². The minimum atomic E-state index is 0.0753. The fourth-order valence-corrected chi connectivity index (χ4v) is 3.59. The first-order valence-electron chi connectivity index (χ1n) is 9.23. The molecule has 0 heterocycles. The van der Waals surface area contributed by atoms with Gasteiger partial charge in [0, 0.05) is 12.0 Å². The number of carbonyl (C=O) groups is 1. The standard InChI is InChI=1S/C23H30Cl2O/c1-14-10-18(21(25)20(14)24)19(26)9-8-15-11-16(22(2,3)4)13-17(12-15)23(5,6)7/h11-13H,8-10H2,1-7H3. The van der Waals surface area contributed by atoms with Crippen molar-refractivity contribution in [1.82, 2.24) is 0 Å². The Morgan fingerprint density at radius 2 is 1.42 bits per heavy atom. The van der Waals surface area contributed by atoms with Crippen LogP contribution in [0, 0.1) is 0 Å². The van der Waals surface area contributed by atoms with Crippen molar-refractivity contribution in [2.75, 3.05) is 0 Å². The molecule has 0 atom stereocenters. The Balaban J connectivity index is 2.23. The third-order valence-corrected chi connectivity index (χ3v) is 6.00. The summed E-state index contributed by atoms with van der Waals surface area (Å²) < 4.78 is 0. The zero-order chi connectivity index (χ0) is 19.9. The normalized spacial score (nSPS) is 15.9. The van der Waals surface area contributed by atoms with E-state index < -0.39 is 0 Å². The summed E-state index contributed by atoms with van der Waals surface area (Å²) in [5.41, 5.74) is 5.62. The van der Waals surface area contributed by atoms with Crippen molar-refractivity contribution in [3.05, 3.63) is 56.1 Å². The molecule has 142 valence electrons. The third kappa shape index (κ3) is 4.81. The maximum Gasteiger partial charge on any atom is 0.161 e. The van der Waals surface area contributed by atoms with Gasteiger partial charge in [-0.1, -0.05) is 82.9 Å². The van der Waals surface area contributed by atoms with E-state index >= 15 is 0 Å². The fraction of sp³-hybridized carbons (Fsp3) is 0.522. The largest absolute Gasteiger partial charge is 0.294 e. The predicted molar refractivity (Wildman–Crippen MR) is 113 cm³/mol. The molecule has 0 spiro atoms. The second-order valence-electron chi connectivity index (χ2n) is 9.41.